The number of carbonyl (C=O) groups is 2. The third-order valence-electron chi connectivity index (χ3n) is 2.14. The zero-order valence-corrected chi connectivity index (χ0v) is 12.9. The average molecular weight is 274 g/mol. The van der Waals surface area contributed by atoms with E-state index in [1.807, 2.05) is 6.55 Å². The van der Waals surface area contributed by atoms with E-state index in [0.717, 1.165) is 0 Å². The number of aliphatic carboxylic acids is 2. The number of carboxylic acids is 2. The molecular weight excluding hydrogens is 256 g/mol. The number of rotatable bonds is 6. The molecule has 0 aromatic rings. The first kappa shape index (κ1) is 15.8. The van der Waals surface area contributed by atoms with Crippen LogP contribution < -0.4 is 0 Å². The third-order valence-corrected chi connectivity index (χ3v) is 7.79. The van der Waals surface area contributed by atoms with Gasteiger partial charge in [0.05, 0.1) is 0 Å². The van der Waals surface area contributed by atoms with Gasteiger partial charge in [-0.1, -0.05) is 17.9 Å². The fourth-order valence-corrected chi connectivity index (χ4v) is 6.62. The molecule has 5 nitrogen and oxygen atoms in total. The van der Waals surface area contributed by atoms with Gasteiger partial charge in [0.2, 0.25) is 8.32 Å². The summed E-state index contributed by atoms with van der Waals surface area (Å²) in [5, 5.41) is 17.7. The second-order valence-electron chi connectivity index (χ2n) is 3.88. The Hall–Kier alpha value is -1.19. The first-order chi connectivity index (χ1) is 7.72. The first-order valence-electron chi connectivity index (χ1n) is 5.21. The Morgan fingerprint density at radius 3 is 1.71 bits per heavy atom. The maximum absolute atomic E-state index is 10.8. The highest BCUT2D eigenvalue weighted by atomic mass is 28.4. The normalized spacial score (nSPS) is 17.2. The molecule has 0 bridgehead atoms. The van der Waals surface area contributed by atoms with Crippen LogP contribution in [0, 0.1) is 0 Å². The average Bonchev–Trinajstić information content (AvgIpc) is 2.16. The molecule has 0 fully saturated rings. The van der Waals surface area contributed by atoms with Gasteiger partial charge in [0, 0.05) is 11.1 Å². The molecule has 0 aliphatic carbocycles. The smallest absolute Gasteiger partial charge is 0.330 e. The minimum atomic E-state index is -2.53. The molecule has 0 heterocycles. The van der Waals surface area contributed by atoms with Gasteiger partial charge in [0.15, 0.2) is 0 Å². The van der Waals surface area contributed by atoms with Crippen molar-refractivity contribution in [2.75, 3.05) is 0 Å². The van der Waals surface area contributed by atoms with Crippen molar-refractivity contribution >= 4 is 30.0 Å². The summed E-state index contributed by atoms with van der Waals surface area (Å²) in [5.74, 6) is -2.02. The minimum Gasteiger partial charge on any atom is -0.478 e. The maximum atomic E-state index is 10.8. The van der Waals surface area contributed by atoms with Crippen molar-refractivity contribution in [3.8, 4) is 0 Å². The molecular formula is C10H18O5Si2. The molecule has 0 amide bonds. The van der Waals surface area contributed by atoms with Crippen LogP contribution in [0.5, 0.6) is 0 Å². The lowest BCUT2D eigenvalue weighted by Gasteiger charge is -2.21. The molecule has 0 spiro atoms. The summed E-state index contributed by atoms with van der Waals surface area (Å²) in [6.45, 7) is 6.69. The van der Waals surface area contributed by atoms with Crippen LogP contribution in [0.4, 0.5) is 0 Å². The number of hydrogen-bond acceptors (Lipinski definition) is 3. The van der Waals surface area contributed by atoms with Crippen molar-refractivity contribution in [3.05, 3.63) is 22.5 Å². The van der Waals surface area contributed by atoms with E-state index in [1.165, 1.54) is 13.8 Å². The third kappa shape index (κ3) is 5.61. The standard InChI is InChI=1S/C10H18O5Si2/c1-7(9(11)12)5-17(4,15-16-3)6-8(2)10(13)14/h5-6H,16H2,1-4H3,(H,11,12)(H,13,14). The van der Waals surface area contributed by atoms with Crippen LogP contribution in [0.3, 0.4) is 0 Å². The Morgan fingerprint density at radius 2 is 1.47 bits per heavy atom. The minimum absolute atomic E-state index is 0.191. The van der Waals surface area contributed by atoms with Crippen molar-refractivity contribution in [2.45, 2.75) is 26.9 Å². The first-order valence-corrected chi connectivity index (χ1v) is 9.76. The van der Waals surface area contributed by atoms with E-state index in [9.17, 15) is 9.59 Å². The fraction of sp³-hybridized carbons (Fsp3) is 0.400. The lowest BCUT2D eigenvalue weighted by Crippen LogP contribution is -2.33. The molecule has 0 radical (unpaired) electrons. The van der Waals surface area contributed by atoms with Gasteiger partial charge >= 0.3 is 11.9 Å². The van der Waals surface area contributed by atoms with E-state index >= 15 is 0 Å². The molecule has 7 heteroatoms. The van der Waals surface area contributed by atoms with Crippen LogP contribution in [0.1, 0.15) is 13.8 Å². The predicted molar refractivity (Wildman–Crippen MR) is 69.9 cm³/mol. The van der Waals surface area contributed by atoms with E-state index in [0.29, 0.717) is 0 Å². The molecule has 0 rings (SSSR count). The van der Waals surface area contributed by atoms with E-state index < -0.39 is 30.0 Å². The van der Waals surface area contributed by atoms with E-state index in [2.05, 4.69) is 0 Å². The van der Waals surface area contributed by atoms with Crippen molar-refractivity contribution < 1.29 is 23.9 Å². The van der Waals surface area contributed by atoms with Crippen LogP contribution in [0.2, 0.25) is 13.1 Å². The van der Waals surface area contributed by atoms with Gasteiger partial charge in [0.1, 0.15) is 9.76 Å². The van der Waals surface area contributed by atoms with E-state index in [1.54, 1.807) is 17.9 Å². The van der Waals surface area contributed by atoms with Crippen molar-refractivity contribution in [1.29, 1.82) is 0 Å². The van der Waals surface area contributed by atoms with Gasteiger partial charge in [0.25, 0.3) is 0 Å². The van der Waals surface area contributed by atoms with Crippen LogP contribution in [-0.4, -0.2) is 40.2 Å². The van der Waals surface area contributed by atoms with Gasteiger partial charge in [-0.15, -0.1) is 0 Å². The highest BCUT2D eigenvalue weighted by molar-refractivity contribution is 6.85. The molecule has 0 aromatic carbocycles. The zero-order valence-electron chi connectivity index (χ0n) is 10.5. The highest BCUT2D eigenvalue weighted by Gasteiger charge is 2.25. The monoisotopic (exact) mass is 274 g/mol. The predicted octanol–water partition coefficient (Wildman–Crippen LogP) is 0.850. The molecule has 0 aromatic heterocycles. The van der Waals surface area contributed by atoms with Crippen LogP contribution in [0.15, 0.2) is 22.5 Å². The Labute approximate surface area is 104 Å². The second-order valence-corrected chi connectivity index (χ2v) is 8.56. The summed E-state index contributed by atoms with van der Waals surface area (Å²) in [7, 11) is -3.26. The summed E-state index contributed by atoms with van der Waals surface area (Å²) in [5.41, 5.74) is 3.52. The van der Waals surface area contributed by atoms with Gasteiger partial charge < -0.3 is 14.3 Å². The lowest BCUT2D eigenvalue weighted by atomic mass is 10.4. The summed E-state index contributed by atoms with van der Waals surface area (Å²) in [6, 6.07) is 0. The summed E-state index contributed by atoms with van der Waals surface area (Å²) in [4.78, 5) is 21.5. The van der Waals surface area contributed by atoms with Crippen molar-refractivity contribution in [1.82, 2.24) is 0 Å². The Bertz CT molecular complexity index is 343. The summed E-state index contributed by atoms with van der Waals surface area (Å²) < 4.78 is 5.67. The highest BCUT2D eigenvalue weighted by Crippen LogP contribution is 2.14. The zero-order chi connectivity index (χ0) is 13.6. The van der Waals surface area contributed by atoms with E-state index in [-0.39, 0.29) is 11.1 Å². The van der Waals surface area contributed by atoms with Crippen molar-refractivity contribution in [2.24, 2.45) is 0 Å². The topological polar surface area (TPSA) is 83.8 Å². The molecule has 0 unspecified atom stereocenters. The SMILES string of the molecule is C[SiH2]O[Si](C)(C=C(C)C(=O)O)C=C(C)C(=O)O. The van der Waals surface area contributed by atoms with Crippen LogP contribution in [-0.2, 0) is 13.7 Å². The van der Waals surface area contributed by atoms with Gasteiger partial charge in [-0.3, -0.25) is 0 Å². The molecule has 0 saturated carbocycles. The van der Waals surface area contributed by atoms with Crippen molar-refractivity contribution in [3.63, 3.8) is 0 Å². The molecule has 0 saturated heterocycles. The Kier molecular flexibility index (Phi) is 6.07. The summed E-state index contributed by atoms with van der Waals surface area (Å²) in [6.07, 6.45) is 0. The number of hydrogen-bond donors (Lipinski definition) is 2. The quantitative estimate of drug-likeness (QED) is 0.554. The van der Waals surface area contributed by atoms with Gasteiger partial charge in [-0.05, 0) is 20.4 Å². The molecule has 0 atom stereocenters. The Morgan fingerprint density at radius 1 is 1.12 bits per heavy atom. The molecule has 2 N–H and O–H groups in total. The molecule has 0 aliphatic rings. The summed E-state index contributed by atoms with van der Waals surface area (Å²) >= 11 is 0. The Balaban J connectivity index is 5.31. The second kappa shape index (κ2) is 6.53. The fourth-order valence-electron chi connectivity index (χ4n) is 1.42. The maximum Gasteiger partial charge on any atom is 0.330 e. The van der Waals surface area contributed by atoms with Crippen LogP contribution in [0.25, 0.3) is 0 Å². The molecule has 96 valence electrons. The van der Waals surface area contributed by atoms with Crippen LogP contribution >= 0.6 is 0 Å². The molecule has 0 aliphatic heterocycles. The largest absolute Gasteiger partial charge is 0.478 e. The van der Waals surface area contributed by atoms with E-state index in [4.69, 9.17) is 14.3 Å². The number of carboxylic acid groups (broad SMARTS) is 2. The van der Waals surface area contributed by atoms with Gasteiger partial charge in [-0.25, -0.2) is 9.59 Å². The van der Waals surface area contributed by atoms with Gasteiger partial charge in [-0.2, -0.15) is 0 Å². The molecule has 17 heavy (non-hydrogen) atoms. The lowest BCUT2D eigenvalue weighted by molar-refractivity contribution is -0.133.